The summed E-state index contributed by atoms with van der Waals surface area (Å²) in [5, 5.41) is 10.3. The molecule has 2 rings (SSSR count). The second kappa shape index (κ2) is 5.33. The molecule has 92 valence electrons. The van der Waals surface area contributed by atoms with Crippen molar-refractivity contribution in [2.45, 2.75) is 6.92 Å². The fourth-order valence-electron chi connectivity index (χ4n) is 1.43. The van der Waals surface area contributed by atoms with Gasteiger partial charge >= 0.3 is 5.97 Å². The second-order valence-corrected chi connectivity index (χ2v) is 5.12. The fraction of sp³-hybridized carbons (Fsp3) is 0.0769. The molecule has 1 aromatic carbocycles. The summed E-state index contributed by atoms with van der Waals surface area (Å²) in [4.78, 5) is 15.4. The highest BCUT2D eigenvalue weighted by Gasteiger charge is 2.12. The van der Waals surface area contributed by atoms with Crippen LogP contribution in [0.4, 0.5) is 0 Å². The highest BCUT2D eigenvalue weighted by molar-refractivity contribution is 7.14. The second-order valence-electron chi connectivity index (χ2n) is 3.66. The Hall–Kier alpha value is -1.65. The molecule has 0 unspecified atom stereocenters. The van der Waals surface area contributed by atoms with Gasteiger partial charge in [0.05, 0.1) is 5.69 Å². The molecule has 5 heteroatoms. The Kier molecular flexibility index (Phi) is 3.79. The van der Waals surface area contributed by atoms with E-state index in [2.05, 4.69) is 4.98 Å². The summed E-state index contributed by atoms with van der Waals surface area (Å²) in [6.07, 6.45) is 3.67. The van der Waals surface area contributed by atoms with Crippen LogP contribution in [0.1, 0.15) is 25.9 Å². The summed E-state index contributed by atoms with van der Waals surface area (Å²) in [5.41, 5.74) is 1.53. The molecule has 18 heavy (non-hydrogen) atoms. The molecule has 0 saturated carbocycles. The van der Waals surface area contributed by atoms with E-state index < -0.39 is 5.97 Å². The smallest absolute Gasteiger partial charge is 0.347 e. The zero-order valence-corrected chi connectivity index (χ0v) is 11.1. The molecule has 0 fully saturated rings. The van der Waals surface area contributed by atoms with Crippen LogP contribution in [0, 0.1) is 6.92 Å². The molecule has 0 bridgehead atoms. The van der Waals surface area contributed by atoms with Crippen LogP contribution in [0.2, 0.25) is 5.02 Å². The molecule has 0 saturated heterocycles. The quantitative estimate of drug-likeness (QED) is 0.925. The van der Waals surface area contributed by atoms with Gasteiger partial charge in [-0.05, 0) is 30.7 Å². The van der Waals surface area contributed by atoms with E-state index in [0.717, 1.165) is 5.56 Å². The number of aromatic carboxylic acids is 1. The van der Waals surface area contributed by atoms with Gasteiger partial charge in [-0.2, -0.15) is 0 Å². The molecular weight excluding hydrogens is 270 g/mol. The van der Waals surface area contributed by atoms with Crippen LogP contribution in [0.3, 0.4) is 0 Å². The van der Waals surface area contributed by atoms with Crippen molar-refractivity contribution in [2.24, 2.45) is 0 Å². The number of aryl methyl sites for hydroxylation is 1. The van der Waals surface area contributed by atoms with Crippen molar-refractivity contribution in [1.29, 1.82) is 0 Å². The van der Waals surface area contributed by atoms with Crippen molar-refractivity contribution in [2.75, 3.05) is 0 Å². The molecule has 2 aromatic rings. The standard InChI is InChI=1S/C13H10ClNO2S/c1-8-12(13(16)17)18-11(15-8)7-4-9-2-5-10(14)6-3-9/h2-7H,1H3,(H,16,17)/b7-4+. The maximum Gasteiger partial charge on any atom is 0.347 e. The Labute approximate surface area is 113 Å². The predicted molar refractivity (Wildman–Crippen MR) is 74.2 cm³/mol. The number of thiazole rings is 1. The van der Waals surface area contributed by atoms with Crippen LogP contribution in [-0.4, -0.2) is 16.1 Å². The van der Waals surface area contributed by atoms with Gasteiger partial charge < -0.3 is 5.11 Å². The first-order chi connectivity index (χ1) is 8.56. The fourth-order valence-corrected chi connectivity index (χ4v) is 2.36. The molecular formula is C13H10ClNO2S. The van der Waals surface area contributed by atoms with E-state index in [1.165, 1.54) is 11.3 Å². The van der Waals surface area contributed by atoms with E-state index in [1.54, 1.807) is 25.1 Å². The van der Waals surface area contributed by atoms with E-state index in [-0.39, 0.29) is 4.88 Å². The summed E-state index contributed by atoms with van der Waals surface area (Å²) < 4.78 is 0. The van der Waals surface area contributed by atoms with Crippen LogP contribution in [0.15, 0.2) is 24.3 Å². The normalized spacial score (nSPS) is 11.0. The number of rotatable bonds is 3. The lowest BCUT2D eigenvalue weighted by atomic mass is 10.2. The summed E-state index contributed by atoms with van der Waals surface area (Å²) in [5.74, 6) is -0.934. The third-order valence-electron chi connectivity index (χ3n) is 2.30. The number of halogens is 1. The first kappa shape index (κ1) is 12.8. The van der Waals surface area contributed by atoms with Gasteiger partial charge in [0.15, 0.2) is 0 Å². The first-order valence-corrected chi connectivity index (χ1v) is 6.40. The van der Waals surface area contributed by atoms with Crippen LogP contribution in [0.5, 0.6) is 0 Å². The van der Waals surface area contributed by atoms with Gasteiger partial charge in [0.25, 0.3) is 0 Å². The van der Waals surface area contributed by atoms with Crippen LogP contribution < -0.4 is 0 Å². The number of carbonyl (C=O) groups is 1. The Morgan fingerprint density at radius 2 is 2.00 bits per heavy atom. The molecule has 0 radical (unpaired) electrons. The van der Waals surface area contributed by atoms with Gasteiger partial charge in [0.1, 0.15) is 9.88 Å². The van der Waals surface area contributed by atoms with E-state index in [4.69, 9.17) is 16.7 Å². The summed E-state index contributed by atoms with van der Waals surface area (Å²) in [6.45, 7) is 1.69. The molecule has 3 nitrogen and oxygen atoms in total. The molecule has 1 heterocycles. The Morgan fingerprint density at radius 3 is 2.56 bits per heavy atom. The predicted octanol–water partition coefficient (Wildman–Crippen LogP) is 3.97. The molecule has 0 aliphatic carbocycles. The number of hydrogen-bond acceptors (Lipinski definition) is 3. The van der Waals surface area contributed by atoms with Crippen molar-refractivity contribution in [3.8, 4) is 0 Å². The van der Waals surface area contributed by atoms with Crippen molar-refractivity contribution in [3.05, 3.63) is 50.4 Å². The van der Waals surface area contributed by atoms with E-state index in [1.807, 2.05) is 18.2 Å². The Morgan fingerprint density at radius 1 is 1.33 bits per heavy atom. The summed E-state index contributed by atoms with van der Waals surface area (Å²) >= 11 is 6.95. The molecule has 0 atom stereocenters. The van der Waals surface area contributed by atoms with Gasteiger partial charge in [-0.1, -0.05) is 29.8 Å². The number of carboxylic acids is 1. The zero-order chi connectivity index (χ0) is 13.1. The highest BCUT2D eigenvalue weighted by Crippen LogP contribution is 2.20. The number of carboxylic acid groups (broad SMARTS) is 1. The van der Waals surface area contributed by atoms with E-state index >= 15 is 0 Å². The third kappa shape index (κ3) is 2.97. The topological polar surface area (TPSA) is 50.2 Å². The van der Waals surface area contributed by atoms with Crippen LogP contribution >= 0.6 is 22.9 Å². The number of nitrogens with zero attached hydrogens (tertiary/aromatic N) is 1. The average Bonchev–Trinajstić information content (AvgIpc) is 2.70. The Balaban J connectivity index is 2.21. The number of aromatic nitrogens is 1. The van der Waals surface area contributed by atoms with Crippen molar-refractivity contribution in [1.82, 2.24) is 4.98 Å². The maximum absolute atomic E-state index is 10.9. The Bertz CT molecular complexity index is 602. The highest BCUT2D eigenvalue weighted by atomic mass is 35.5. The molecule has 1 N–H and O–H groups in total. The van der Waals surface area contributed by atoms with Gasteiger partial charge in [0, 0.05) is 5.02 Å². The van der Waals surface area contributed by atoms with Crippen molar-refractivity contribution < 1.29 is 9.90 Å². The van der Waals surface area contributed by atoms with Crippen LogP contribution in [0.25, 0.3) is 12.2 Å². The minimum atomic E-state index is -0.934. The molecule has 0 spiro atoms. The SMILES string of the molecule is Cc1nc(/C=C/c2ccc(Cl)cc2)sc1C(=O)O. The third-order valence-corrected chi connectivity index (χ3v) is 3.66. The van der Waals surface area contributed by atoms with Gasteiger partial charge in [-0.15, -0.1) is 11.3 Å². The summed E-state index contributed by atoms with van der Waals surface area (Å²) in [7, 11) is 0. The van der Waals surface area contributed by atoms with Crippen molar-refractivity contribution >= 4 is 41.1 Å². The number of hydrogen-bond donors (Lipinski definition) is 1. The largest absolute Gasteiger partial charge is 0.477 e. The van der Waals surface area contributed by atoms with Gasteiger partial charge in [-0.3, -0.25) is 0 Å². The molecule has 0 aliphatic heterocycles. The lowest BCUT2D eigenvalue weighted by Gasteiger charge is -1.92. The van der Waals surface area contributed by atoms with E-state index in [9.17, 15) is 4.79 Å². The minimum Gasteiger partial charge on any atom is -0.477 e. The zero-order valence-electron chi connectivity index (χ0n) is 9.55. The lowest BCUT2D eigenvalue weighted by Crippen LogP contribution is -1.94. The monoisotopic (exact) mass is 279 g/mol. The number of benzene rings is 1. The van der Waals surface area contributed by atoms with Gasteiger partial charge in [0.2, 0.25) is 0 Å². The maximum atomic E-state index is 10.9. The molecule has 0 amide bonds. The average molecular weight is 280 g/mol. The minimum absolute atomic E-state index is 0.283. The molecule has 0 aliphatic rings. The summed E-state index contributed by atoms with van der Waals surface area (Å²) in [6, 6.07) is 7.38. The lowest BCUT2D eigenvalue weighted by molar-refractivity contribution is 0.0701. The first-order valence-electron chi connectivity index (χ1n) is 5.20. The molecule has 1 aromatic heterocycles. The van der Waals surface area contributed by atoms with E-state index in [0.29, 0.717) is 15.7 Å². The van der Waals surface area contributed by atoms with Crippen LogP contribution in [-0.2, 0) is 0 Å². The van der Waals surface area contributed by atoms with Crippen molar-refractivity contribution in [3.63, 3.8) is 0 Å². The van der Waals surface area contributed by atoms with Gasteiger partial charge in [-0.25, -0.2) is 9.78 Å².